The molecule has 3 rings (SSSR count). The first-order valence-corrected chi connectivity index (χ1v) is 7.39. The Bertz CT molecular complexity index is 687. The van der Waals surface area contributed by atoms with Gasteiger partial charge in [-0.15, -0.1) is 0 Å². The zero-order chi connectivity index (χ0) is 15.5. The molecule has 0 atom stereocenters. The quantitative estimate of drug-likeness (QED) is 0.944. The van der Waals surface area contributed by atoms with Crippen molar-refractivity contribution in [2.45, 2.75) is 13.0 Å². The minimum absolute atomic E-state index is 0.0735. The third-order valence-corrected chi connectivity index (χ3v) is 3.70. The largest absolute Gasteiger partial charge is 0.470 e. The highest BCUT2D eigenvalue weighted by molar-refractivity contribution is 6.31. The van der Waals surface area contributed by atoms with Gasteiger partial charge in [-0.1, -0.05) is 23.7 Å². The van der Waals surface area contributed by atoms with E-state index in [4.69, 9.17) is 16.3 Å². The molecule has 0 unspecified atom stereocenters. The van der Waals surface area contributed by atoms with Crippen LogP contribution in [0.2, 0.25) is 5.02 Å². The number of ether oxygens (including phenoxy) is 1. The van der Waals surface area contributed by atoms with E-state index in [2.05, 4.69) is 10.3 Å². The molecule has 0 aliphatic carbocycles. The molecule has 0 bridgehead atoms. The van der Waals surface area contributed by atoms with Crippen molar-refractivity contribution in [2.75, 3.05) is 18.4 Å². The number of likely N-dealkylation sites (tertiary alicyclic amines) is 1. The highest BCUT2D eigenvalue weighted by atomic mass is 35.5. The summed E-state index contributed by atoms with van der Waals surface area (Å²) in [4.78, 5) is 17.8. The number of urea groups is 1. The summed E-state index contributed by atoms with van der Waals surface area (Å²) in [6, 6.07) is 11.0. The smallest absolute Gasteiger partial charge is 0.322 e. The van der Waals surface area contributed by atoms with E-state index in [0.29, 0.717) is 24.0 Å². The second kappa shape index (κ2) is 6.23. The maximum Gasteiger partial charge on any atom is 0.322 e. The topological polar surface area (TPSA) is 54.5 Å². The molecule has 0 radical (unpaired) electrons. The Labute approximate surface area is 133 Å². The predicted molar refractivity (Wildman–Crippen MR) is 85.4 cm³/mol. The van der Waals surface area contributed by atoms with Gasteiger partial charge in [0.2, 0.25) is 5.88 Å². The molecule has 1 N–H and O–H groups in total. The second-order valence-electron chi connectivity index (χ2n) is 5.23. The molecule has 5 nitrogen and oxygen atoms in total. The lowest BCUT2D eigenvalue weighted by Crippen LogP contribution is -2.57. The number of aryl methyl sites for hydroxylation is 1. The van der Waals surface area contributed by atoms with Gasteiger partial charge in [-0.05, 0) is 36.8 Å². The normalized spacial score (nSPS) is 14.4. The number of benzene rings is 1. The first-order chi connectivity index (χ1) is 10.6. The monoisotopic (exact) mass is 317 g/mol. The van der Waals surface area contributed by atoms with Crippen molar-refractivity contribution in [3.8, 4) is 5.88 Å². The van der Waals surface area contributed by atoms with Crippen LogP contribution in [0, 0.1) is 6.92 Å². The highest BCUT2D eigenvalue weighted by Crippen LogP contribution is 2.24. The number of halogens is 1. The average molecular weight is 318 g/mol. The third-order valence-electron chi connectivity index (χ3n) is 3.41. The first-order valence-electron chi connectivity index (χ1n) is 7.01. The summed E-state index contributed by atoms with van der Waals surface area (Å²) in [6.45, 7) is 3.02. The number of hydrogen-bond donors (Lipinski definition) is 1. The van der Waals surface area contributed by atoms with Crippen molar-refractivity contribution in [3.63, 3.8) is 0 Å². The molecule has 2 aromatic rings. The van der Waals surface area contributed by atoms with E-state index in [1.807, 2.05) is 31.2 Å². The molecule has 22 heavy (non-hydrogen) atoms. The fourth-order valence-corrected chi connectivity index (χ4v) is 2.39. The highest BCUT2D eigenvalue weighted by Gasteiger charge is 2.33. The van der Waals surface area contributed by atoms with Crippen LogP contribution in [0.3, 0.4) is 0 Å². The van der Waals surface area contributed by atoms with Crippen LogP contribution >= 0.6 is 11.6 Å². The number of amides is 2. The molecule has 0 saturated carbocycles. The van der Waals surface area contributed by atoms with Gasteiger partial charge in [0.15, 0.2) is 0 Å². The van der Waals surface area contributed by atoms with Gasteiger partial charge in [0, 0.05) is 11.9 Å². The van der Waals surface area contributed by atoms with Crippen LogP contribution < -0.4 is 10.1 Å². The van der Waals surface area contributed by atoms with Crippen molar-refractivity contribution in [1.29, 1.82) is 0 Å². The summed E-state index contributed by atoms with van der Waals surface area (Å²) in [6.07, 6.45) is 1.55. The molecule has 2 heterocycles. The molecule has 2 amide bonds. The first kappa shape index (κ1) is 14.7. The van der Waals surface area contributed by atoms with E-state index < -0.39 is 0 Å². The zero-order valence-electron chi connectivity index (χ0n) is 12.1. The SMILES string of the molecule is Cc1cccc(NC(=O)N2CC(Oc3ncccc3Cl)C2)c1. The van der Waals surface area contributed by atoms with Gasteiger partial charge >= 0.3 is 6.03 Å². The van der Waals surface area contributed by atoms with Crippen LogP contribution in [0.5, 0.6) is 5.88 Å². The van der Waals surface area contributed by atoms with Crippen molar-refractivity contribution < 1.29 is 9.53 Å². The third kappa shape index (κ3) is 3.31. The van der Waals surface area contributed by atoms with Crippen molar-refractivity contribution in [2.24, 2.45) is 0 Å². The minimum Gasteiger partial charge on any atom is -0.470 e. The van der Waals surface area contributed by atoms with E-state index in [1.165, 1.54) is 0 Å². The molecular weight excluding hydrogens is 302 g/mol. The van der Waals surface area contributed by atoms with Crippen LogP contribution in [0.1, 0.15) is 5.56 Å². The lowest BCUT2D eigenvalue weighted by Gasteiger charge is -2.38. The van der Waals surface area contributed by atoms with Gasteiger partial charge in [-0.3, -0.25) is 0 Å². The van der Waals surface area contributed by atoms with E-state index >= 15 is 0 Å². The molecule has 114 valence electrons. The number of pyridine rings is 1. The number of anilines is 1. The Kier molecular flexibility index (Phi) is 4.15. The summed E-state index contributed by atoms with van der Waals surface area (Å²) >= 11 is 5.99. The molecule has 1 saturated heterocycles. The lowest BCUT2D eigenvalue weighted by molar-refractivity contribution is 0.0462. The fraction of sp³-hybridized carbons (Fsp3) is 0.250. The van der Waals surface area contributed by atoms with Gasteiger partial charge in [0.1, 0.15) is 11.1 Å². The van der Waals surface area contributed by atoms with Crippen molar-refractivity contribution in [3.05, 3.63) is 53.2 Å². The summed E-state index contributed by atoms with van der Waals surface area (Å²) in [5, 5.41) is 3.35. The van der Waals surface area contributed by atoms with Crippen LogP contribution in [-0.4, -0.2) is 35.1 Å². The zero-order valence-corrected chi connectivity index (χ0v) is 12.9. The van der Waals surface area contributed by atoms with Crippen molar-refractivity contribution >= 4 is 23.3 Å². The molecule has 1 aliphatic rings. The average Bonchev–Trinajstić information content (AvgIpc) is 2.44. The van der Waals surface area contributed by atoms with E-state index in [-0.39, 0.29) is 12.1 Å². The van der Waals surface area contributed by atoms with Crippen molar-refractivity contribution in [1.82, 2.24) is 9.88 Å². The summed E-state index contributed by atoms with van der Waals surface area (Å²) in [7, 11) is 0. The van der Waals surface area contributed by atoms with Gasteiger partial charge in [0.25, 0.3) is 0 Å². The van der Waals surface area contributed by atoms with Crippen LogP contribution in [0.15, 0.2) is 42.6 Å². The van der Waals surface area contributed by atoms with Gasteiger partial charge in [-0.25, -0.2) is 9.78 Å². The number of nitrogens with zero attached hydrogens (tertiary/aromatic N) is 2. The summed E-state index contributed by atoms with van der Waals surface area (Å²) in [5.41, 5.74) is 1.90. The molecular formula is C16H16ClN3O2. The number of aromatic nitrogens is 1. The fourth-order valence-electron chi connectivity index (χ4n) is 2.22. The Morgan fingerprint density at radius 1 is 1.36 bits per heavy atom. The number of carbonyl (C=O) groups excluding carboxylic acids is 1. The van der Waals surface area contributed by atoms with E-state index in [9.17, 15) is 4.79 Å². The number of carbonyl (C=O) groups is 1. The molecule has 1 fully saturated rings. The standard InChI is InChI=1S/C16H16ClN3O2/c1-11-4-2-5-12(8-11)19-16(21)20-9-13(10-20)22-15-14(17)6-3-7-18-15/h2-8,13H,9-10H2,1H3,(H,19,21). The van der Waals surface area contributed by atoms with Crippen LogP contribution in [-0.2, 0) is 0 Å². The van der Waals surface area contributed by atoms with Gasteiger partial charge in [-0.2, -0.15) is 0 Å². The maximum absolute atomic E-state index is 12.1. The number of hydrogen-bond acceptors (Lipinski definition) is 3. The molecule has 6 heteroatoms. The maximum atomic E-state index is 12.1. The molecule has 1 aliphatic heterocycles. The Hall–Kier alpha value is -2.27. The van der Waals surface area contributed by atoms with Crippen LogP contribution in [0.4, 0.5) is 10.5 Å². The molecule has 1 aromatic heterocycles. The van der Waals surface area contributed by atoms with Gasteiger partial charge in [0.05, 0.1) is 13.1 Å². The lowest BCUT2D eigenvalue weighted by atomic mass is 10.2. The Morgan fingerprint density at radius 3 is 2.91 bits per heavy atom. The number of nitrogens with one attached hydrogen (secondary N) is 1. The molecule has 0 spiro atoms. The Balaban J connectivity index is 1.51. The van der Waals surface area contributed by atoms with E-state index in [0.717, 1.165) is 11.3 Å². The predicted octanol–water partition coefficient (Wildman–Crippen LogP) is 3.34. The summed E-state index contributed by atoms with van der Waals surface area (Å²) < 4.78 is 5.67. The second-order valence-corrected chi connectivity index (χ2v) is 5.64. The minimum atomic E-state index is -0.127. The van der Waals surface area contributed by atoms with Gasteiger partial charge < -0.3 is 15.0 Å². The summed E-state index contributed by atoms with van der Waals surface area (Å²) in [5.74, 6) is 0.410. The molecule has 1 aromatic carbocycles. The van der Waals surface area contributed by atoms with E-state index in [1.54, 1.807) is 23.2 Å². The Morgan fingerprint density at radius 2 is 2.18 bits per heavy atom. The number of rotatable bonds is 3. The van der Waals surface area contributed by atoms with Crippen LogP contribution in [0.25, 0.3) is 0 Å².